The predicted octanol–water partition coefficient (Wildman–Crippen LogP) is 3.02. The van der Waals surface area contributed by atoms with Gasteiger partial charge in [-0.3, -0.25) is 25.2 Å². The third kappa shape index (κ3) is 6.29. The summed E-state index contributed by atoms with van der Waals surface area (Å²) in [7, 11) is -2.04. The standard InChI is InChI=1S/C23H32N4O5Si/c1-23(2,3)33(4,5)31-14-20(28)25-26-21(29)16-11-17(12-16)24-22(30)18-13-19(32-27-18)15-9-7-6-8-10-15/h6-10,13,16-17H,11-12,14H2,1-5H3,(H,24,30)(H,25,28)(H,26,29)/t16-,17-. The van der Waals surface area contributed by atoms with Crippen LogP contribution in [0.1, 0.15) is 44.1 Å². The van der Waals surface area contributed by atoms with Crippen molar-refractivity contribution < 1.29 is 23.3 Å². The van der Waals surface area contributed by atoms with Crippen molar-refractivity contribution in [3.05, 3.63) is 42.1 Å². The molecule has 0 aliphatic heterocycles. The molecule has 1 heterocycles. The Bertz CT molecular complexity index is 994. The fourth-order valence-electron chi connectivity index (χ4n) is 3.06. The monoisotopic (exact) mass is 472 g/mol. The first-order valence-electron chi connectivity index (χ1n) is 11.0. The fourth-order valence-corrected chi connectivity index (χ4v) is 3.99. The van der Waals surface area contributed by atoms with E-state index in [1.54, 1.807) is 6.07 Å². The molecule has 0 bridgehead atoms. The van der Waals surface area contributed by atoms with Gasteiger partial charge in [0.1, 0.15) is 6.61 Å². The van der Waals surface area contributed by atoms with Crippen molar-refractivity contribution in [1.29, 1.82) is 0 Å². The number of nitrogens with one attached hydrogen (secondary N) is 3. The Morgan fingerprint density at radius 2 is 1.79 bits per heavy atom. The number of rotatable bonds is 7. The number of carbonyl (C=O) groups is 3. The van der Waals surface area contributed by atoms with E-state index >= 15 is 0 Å². The first-order valence-corrected chi connectivity index (χ1v) is 13.9. The third-order valence-electron chi connectivity index (χ3n) is 6.34. The van der Waals surface area contributed by atoms with Gasteiger partial charge < -0.3 is 14.3 Å². The maximum Gasteiger partial charge on any atom is 0.273 e. The molecule has 178 valence electrons. The Balaban J connectivity index is 1.37. The lowest BCUT2D eigenvalue weighted by molar-refractivity contribution is -0.134. The van der Waals surface area contributed by atoms with Crippen molar-refractivity contribution in [3.63, 3.8) is 0 Å². The van der Waals surface area contributed by atoms with E-state index in [0.717, 1.165) is 5.56 Å². The van der Waals surface area contributed by atoms with Gasteiger partial charge in [0.2, 0.25) is 5.91 Å². The number of nitrogens with zero attached hydrogens (tertiary/aromatic N) is 1. The van der Waals surface area contributed by atoms with E-state index < -0.39 is 14.2 Å². The van der Waals surface area contributed by atoms with Crippen molar-refractivity contribution in [3.8, 4) is 11.3 Å². The predicted molar refractivity (Wildman–Crippen MR) is 125 cm³/mol. The van der Waals surface area contributed by atoms with Crippen molar-refractivity contribution in [2.75, 3.05) is 6.61 Å². The molecule has 10 heteroatoms. The van der Waals surface area contributed by atoms with Gasteiger partial charge in [-0.2, -0.15) is 0 Å². The summed E-state index contributed by atoms with van der Waals surface area (Å²) in [6.45, 7) is 10.3. The molecule has 1 saturated carbocycles. The molecule has 1 aromatic carbocycles. The van der Waals surface area contributed by atoms with Crippen LogP contribution in [0, 0.1) is 5.92 Å². The molecule has 0 radical (unpaired) electrons. The van der Waals surface area contributed by atoms with E-state index in [1.165, 1.54) is 0 Å². The molecule has 1 fully saturated rings. The third-order valence-corrected chi connectivity index (χ3v) is 10.8. The van der Waals surface area contributed by atoms with Gasteiger partial charge in [-0.25, -0.2) is 0 Å². The van der Waals surface area contributed by atoms with Gasteiger partial charge in [-0.05, 0) is 31.0 Å². The summed E-state index contributed by atoms with van der Waals surface area (Å²) in [6.07, 6.45) is 0.967. The Kier molecular flexibility index (Phi) is 7.38. The number of hydrogen-bond acceptors (Lipinski definition) is 6. The van der Waals surface area contributed by atoms with E-state index in [4.69, 9.17) is 8.95 Å². The van der Waals surface area contributed by atoms with Crippen LogP contribution in [0.2, 0.25) is 18.1 Å². The summed E-state index contributed by atoms with van der Waals surface area (Å²) < 4.78 is 11.1. The normalized spacial score (nSPS) is 18.2. The smallest absolute Gasteiger partial charge is 0.273 e. The minimum atomic E-state index is -2.04. The highest BCUT2D eigenvalue weighted by Gasteiger charge is 2.38. The van der Waals surface area contributed by atoms with Gasteiger partial charge in [0.25, 0.3) is 11.8 Å². The summed E-state index contributed by atoms with van der Waals surface area (Å²) in [5.41, 5.74) is 5.87. The second kappa shape index (κ2) is 9.88. The van der Waals surface area contributed by atoms with Gasteiger partial charge in [0.05, 0.1) is 0 Å². The van der Waals surface area contributed by atoms with Crippen LogP contribution < -0.4 is 16.2 Å². The zero-order chi connectivity index (χ0) is 24.2. The lowest BCUT2D eigenvalue weighted by Gasteiger charge is -2.36. The van der Waals surface area contributed by atoms with Crippen LogP contribution in [-0.2, 0) is 14.0 Å². The Morgan fingerprint density at radius 3 is 2.42 bits per heavy atom. The number of hydrogen-bond donors (Lipinski definition) is 3. The second-order valence-corrected chi connectivity index (χ2v) is 14.7. The number of benzene rings is 1. The lowest BCUT2D eigenvalue weighted by atomic mass is 9.79. The topological polar surface area (TPSA) is 123 Å². The zero-order valence-corrected chi connectivity index (χ0v) is 20.7. The van der Waals surface area contributed by atoms with Crippen molar-refractivity contribution in [1.82, 2.24) is 21.3 Å². The molecule has 0 saturated heterocycles. The highest BCUT2D eigenvalue weighted by atomic mass is 28.4. The highest BCUT2D eigenvalue weighted by Crippen LogP contribution is 2.36. The van der Waals surface area contributed by atoms with Gasteiger partial charge in [0.15, 0.2) is 19.8 Å². The zero-order valence-electron chi connectivity index (χ0n) is 19.7. The molecule has 1 aliphatic rings. The average Bonchev–Trinajstić information content (AvgIpc) is 3.23. The number of hydrazine groups is 1. The number of carbonyl (C=O) groups excluding carboxylic acids is 3. The maximum absolute atomic E-state index is 12.4. The average molecular weight is 473 g/mol. The van der Waals surface area contributed by atoms with Crippen LogP contribution in [0.25, 0.3) is 11.3 Å². The van der Waals surface area contributed by atoms with E-state index in [2.05, 4.69) is 55.2 Å². The Labute approximate surface area is 194 Å². The summed E-state index contributed by atoms with van der Waals surface area (Å²) in [4.78, 5) is 36.7. The van der Waals surface area contributed by atoms with Crippen LogP contribution in [0.5, 0.6) is 0 Å². The van der Waals surface area contributed by atoms with E-state index in [-0.39, 0.29) is 41.1 Å². The molecule has 9 nitrogen and oxygen atoms in total. The molecule has 33 heavy (non-hydrogen) atoms. The van der Waals surface area contributed by atoms with Crippen molar-refractivity contribution in [2.24, 2.45) is 5.92 Å². The first-order chi connectivity index (χ1) is 15.5. The Hall–Kier alpha value is -2.98. The molecular formula is C23H32N4O5Si. The number of aromatic nitrogens is 1. The molecule has 0 unspecified atom stereocenters. The van der Waals surface area contributed by atoms with Gasteiger partial charge in [-0.15, -0.1) is 0 Å². The van der Waals surface area contributed by atoms with Crippen LogP contribution in [-0.4, -0.2) is 43.8 Å². The molecule has 3 amide bonds. The first kappa shape index (κ1) is 24.7. The minimum absolute atomic E-state index is 0.00298. The molecule has 3 rings (SSSR count). The Morgan fingerprint density at radius 1 is 1.12 bits per heavy atom. The second-order valence-electron chi connectivity index (χ2n) is 9.87. The molecule has 0 spiro atoms. The fraction of sp³-hybridized carbons (Fsp3) is 0.478. The van der Waals surface area contributed by atoms with Gasteiger partial charge >= 0.3 is 0 Å². The van der Waals surface area contributed by atoms with Crippen LogP contribution in [0.15, 0.2) is 40.9 Å². The minimum Gasteiger partial charge on any atom is -0.407 e. The quantitative estimate of drug-likeness (QED) is 0.421. The molecule has 1 aromatic heterocycles. The summed E-state index contributed by atoms with van der Waals surface area (Å²) >= 11 is 0. The molecular weight excluding hydrogens is 440 g/mol. The van der Waals surface area contributed by atoms with E-state index in [0.29, 0.717) is 18.6 Å². The molecule has 1 aliphatic carbocycles. The van der Waals surface area contributed by atoms with Crippen LogP contribution >= 0.6 is 0 Å². The summed E-state index contributed by atoms with van der Waals surface area (Å²) in [5, 5.41) is 6.68. The van der Waals surface area contributed by atoms with E-state index in [9.17, 15) is 14.4 Å². The number of amides is 3. The SMILES string of the molecule is CC(C)(C)[Si](C)(C)OCC(=O)NNC(=O)[C@H]1C[C@H](NC(=O)c2cc(-c3ccccc3)on2)C1. The van der Waals surface area contributed by atoms with Gasteiger partial charge in [0, 0.05) is 23.6 Å². The summed E-state index contributed by atoms with van der Waals surface area (Å²) in [6, 6.07) is 10.8. The van der Waals surface area contributed by atoms with Crippen molar-refractivity contribution in [2.45, 2.75) is 57.8 Å². The highest BCUT2D eigenvalue weighted by molar-refractivity contribution is 6.74. The van der Waals surface area contributed by atoms with Crippen LogP contribution in [0.4, 0.5) is 0 Å². The molecule has 3 N–H and O–H groups in total. The maximum atomic E-state index is 12.4. The molecule has 2 aromatic rings. The van der Waals surface area contributed by atoms with Crippen LogP contribution in [0.3, 0.4) is 0 Å². The van der Waals surface area contributed by atoms with E-state index in [1.807, 2.05) is 30.3 Å². The lowest BCUT2D eigenvalue weighted by Crippen LogP contribution is -2.53. The largest absolute Gasteiger partial charge is 0.407 e. The van der Waals surface area contributed by atoms with Crippen molar-refractivity contribution >= 4 is 26.0 Å². The molecule has 0 atom stereocenters. The van der Waals surface area contributed by atoms with Gasteiger partial charge in [-0.1, -0.05) is 56.3 Å². The summed E-state index contributed by atoms with van der Waals surface area (Å²) in [5.74, 6) is -0.790.